The smallest absolute Gasteiger partial charge is 0.329 e. The van der Waals surface area contributed by atoms with Crippen LogP contribution in [0.5, 0.6) is 5.75 Å². The molecule has 0 unspecified atom stereocenters. The summed E-state index contributed by atoms with van der Waals surface area (Å²) in [6.07, 6.45) is 0.608. The van der Waals surface area contributed by atoms with Crippen LogP contribution in [0.4, 0.5) is 16.2 Å². The number of carbonyl (C=O) groups is 2. The largest absolute Gasteiger partial charge is 0.497 e. The van der Waals surface area contributed by atoms with E-state index >= 15 is 0 Å². The Morgan fingerprint density at radius 1 is 1.10 bits per heavy atom. The number of carboxylic acid groups (broad SMARTS) is 1. The first kappa shape index (κ1) is 19.3. The number of amides is 2. The molecule has 2 saturated heterocycles. The van der Waals surface area contributed by atoms with Gasteiger partial charge in [-0.1, -0.05) is 18.2 Å². The maximum absolute atomic E-state index is 13.1. The maximum Gasteiger partial charge on any atom is 0.329 e. The van der Waals surface area contributed by atoms with Gasteiger partial charge in [0.25, 0.3) is 0 Å². The molecule has 2 aliphatic rings. The molecule has 2 aromatic rings. The number of carbonyl (C=O) groups excluding carboxylic acids is 1. The first-order valence-corrected chi connectivity index (χ1v) is 9.85. The van der Waals surface area contributed by atoms with Crippen LogP contribution in [0.15, 0.2) is 48.5 Å². The number of hydrogen-bond donors (Lipinski definition) is 2. The summed E-state index contributed by atoms with van der Waals surface area (Å²) in [6.45, 7) is 2.50. The van der Waals surface area contributed by atoms with E-state index in [4.69, 9.17) is 4.74 Å². The Labute approximate surface area is 169 Å². The first-order valence-electron chi connectivity index (χ1n) is 9.85. The minimum absolute atomic E-state index is 0.0908. The number of carboxylic acids is 1. The summed E-state index contributed by atoms with van der Waals surface area (Å²) in [5.74, 6) is -0.564. The van der Waals surface area contributed by atoms with Gasteiger partial charge in [0.15, 0.2) is 0 Å². The molecule has 0 aliphatic carbocycles. The fourth-order valence-corrected chi connectivity index (χ4v) is 4.22. The van der Waals surface area contributed by atoms with Crippen LogP contribution < -0.4 is 19.9 Å². The van der Waals surface area contributed by atoms with Gasteiger partial charge in [0, 0.05) is 43.0 Å². The van der Waals surface area contributed by atoms with Crippen molar-refractivity contribution in [3.63, 3.8) is 0 Å². The third-order valence-electron chi connectivity index (χ3n) is 5.78. The van der Waals surface area contributed by atoms with Crippen molar-refractivity contribution in [1.82, 2.24) is 5.32 Å². The highest BCUT2D eigenvalue weighted by atomic mass is 16.5. The molecule has 2 fully saturated rings. The lowest BCUT2D eigenvalue weighted by atomic mass is 9.81. The Morgan fingerprint density at radius 3 is 2.48 bits per heavy atom. The van der Waals surface area contributed by atoms with Crippen molar-refractivity contribution in [3.05, 3.63) is 54.1 Å². The topological polar surface area (TPSA) is 82.1 Å². The molecule has 0 radical (unpaired) electrons. The maximum atomic E-state index is 13.1. The van der Waals surface area contributed by atoms with E-state index < -0.39 is 11.9 Å². The van der Waals surface area contributed by atoms with Crippen LogP contribution in [0.25, 0.3) is 0 Å². The molecule has 2 N–H and O–H groups in total. The highest BCUT2D eigenvalue weighted by Crippen LogP contribution is 2.33. The summed E-state index contributed by atoms with van der Waals surface area (Å²) < 4.78 is 5.27. The van der Waals surface area contributed by atoms with Gasteiger partial charge in [-0.15, -0.1) is 0 Å². The second-order valence-corrected chi connectivity index (χ2v) is 7.43. The number of benzene rings is 2. The summed E-state index contributed by atoms with van der Waals surface area (Å²) >= 11 is 0. The number of ether oxygens (including phenoxy) is 1. The average molecular weight is 395 g/mol. The van der Waals surface area contributed by atoms with Crippen LogP contribution in [-0.4, -0.2) is 50.4 Å². The summed E-state index contributed by atoms with van der Waals surface area (Å²) in [7, 11) is 1.60. The lowest BCUT2D eigenvalue weighted by molar-refractivity contribution is -0.143. The van der Waals surface area contributed by atoms with E-state index in [0.717, 1.165) is 16.9 Å². The minimum Gasteiger partial charge on any atom is -0.497 e. The molecule has 4 rings (SSSR count). The molecule has 7 heteroatoms. The summed E-state index contributed by atoms with van der Waals surface area (Å²) in [4.78, 5) is 28.2. The molecule has 0 bridgehead atoms. The lowest BCUT2D eigenvalue weighted by Crippen LogP contribution is -2.38. The number of urea groups is 1. The highest BCUT2D eigenvalue weighted by Gasteiger charge is 2.34. The molecule has 2 atom stereocenters. The molecule has 2 aliphatic heterocycles. The van der Waals surface area contributed by atoms with Crippen LogP contribution in [0.1, 0.15) is 17.9 Å². The van der Waals surface area contributed by atoms with E-state index in [9.17, 15) is 14.7 Å². The standard InChI is InChI=1S/C22H25N3O4/c1-29-18-7-3-6-17(13-18)25-11-10-24(22(25)28)16-5-2-4-15(12-16)20-14-23-9-8-19(20)21(26)27/h2-7,12-13,19-20,23H,8-11,14H2,1H3,(H,26,27)/t19-,20+/m1/s1. The molecule has 29 heavy (non-hydrogen) atoms. The Balaban J connectivity index is 1.57. The zero-order chi connectivity index (χ0) is 20.4. The third-order valence-corrected chi connectivity index (χ3v) is 5.78. The Bertz CT molecular complexity index is 916. The quantitative estimate of drug-likeness (QED) is 0.814. The normalized spacial score (nSPS) is 22.0. The second kappa shape index (κ2) is 8.13. The predicted octanol–water partition coefficient (Wildman–Crippen LogP) is 2.92. The molecular weight excluding hydrogens is 370 g/mol. The van der Waals surface area contributed by atoms with Gasteiger partial charge >= 0.3 is 12.0 Å². The van der Waals surface area contributed by atoms with E-state index in [-0.39, 0.29) is 11.9 Å². The zero-order valence-electron chi connectivity index (χ0n) is 16.4. The van der Waals surface area contributed by atoms with Gasteiger partial charge in [-0.05, 0) is 42.8 Å². The van der Waals surface area contributed by atoms with Gasteiger partial charge in [0.2, 0.25) is 0 Å². The van der Waals surface area contributed by atoms with Gasteiger partial charge in [0.05, 0.1) is 13.0 Å². The molecule has 0 aromatic heterocycles. The van der Waals surface area contributed by atoms with Crippen LogP contribution in [0.3, 0.4) is 0 Å². The zero-order valence-corrected chi connectivity index (χ0v) is 16.4. The third kappa shape index (κ3) is 3.78. The highest BCUT2D eigenvalue weighted by molar-refractivity contribution is 6.06. The molecule has 0 saturated carbocycles. The van der Waals surface area contributed by atoms with E-state index in [0.29, 0.717) is 38.3 Å². The molecule has 2 aromatic carbocycles. The number of piperidine rings is 1. The van der Waals surface area contributed by atoms with Crippen molar-refractivity contribution in [2.45, 2.75) is 12.3 Å². The van der Waals surface area contributed by atoms with E-state index in [1.807, 2.05) is 48.5 Å². The van der Waals surface area contributed by atoms with Gasteiger partial charge in [-0.3, -0.25) is 14.6 Å². The summed E-state index contributed by atoms with van der Waals surface area (Å²) in [6, 6.07) is 15.1. The number of hydrogen-bond acceptors (Lipinski definition) is 4. The van der Waals surface area contributed by atoms with E-state index in [1.165, 1.54) is 0 Å². The fraction of sp³-hybridized carbons (Fsp3) is 0.364. The molecule has 2 heterocycles. The van der Waals surface area contributed by atoms with Crippen LogP contribution >= 0.6 is 0 Å². The number of rotatable bonds is 5. The molecule has 2 amide bonds. The minimum atomic E-state index is -0.761. The molecule has 7 nitrogen and oxygen atoms in total. The van der Waals surface area contributed by atoms with Gasteiger partial charge in [-0.25, -0.2) is 4.79 Å². The van der Waals surface area contributed by atoms with Crippen molar-refractivity contribution < 1.29 is 19.4 Å². The Hall–Kier alpha value is -3.06. The predicted molar refractivity (Wildman–Crippen MR) is 111 cm³/mol. The van der Waals surface area contributed by atoms with Crippen molar-refractivity contribution >= 4 is 23.4 Å². The van der Waals surface area contributed by atoms with E-state index in [2.05, 4.69) is 5.32 Å². The fourth-order valence-electron chi connectivity index (χ4n) is 4.22. The van der Waals surface area contributed by atoms with Crippen molar-refractivity contribution in [1.29, 1.82) is 0 Å². The van der Waals surface area contributed by atoms with Crippen LogP contribution in [0.2, 0.25) is 0 Å². The summed E-state index contributed by atoms with van der Waals surface area (Å²) in [5, 5.41) is 12.9. The first-order chi connectivity index (χ1) is 14.1. The Kier molecular flexibility index (Phi) is 5.40. The number of nitrogens with one attached hydrogen (secondary N) is 1. The van der Waals surface area contributed by atoms with Crippen molar-refractivity contribution in [3.8, 4) is 5.75 Å². The number of methoxy groups -OCH3 is 1. The molecule has 0 spiro atoms. The van der Waals surface area contributed by atoms with Crippen molar-refractivity contribution in [2.24, 2.45) is 5.92 Å². The Morgan fingerprint density at radius 2 is 1.79 bits per heavy atom. The van der Waals surface area contributed by atoms with Crippen LogP contribution in [0, 0.1) is 5.92 Å². The average Bonchev–Trinajstić information content (AvgIpc) is 3.15. The number of anilines is 2. The number of nitrogens with zero attached hydrogens (tertiary/aromatic N) is 2. The lowest BCUT2D eigenvalue weighted by Gasteiger charge is -2.30. The number of aliphatic carboxylic acids is 1. The van der Waals surface area contributed by atoms with Gasteiger partial charge < -0.3 is 15.2 Å². The molecular formula is C22H25N3O4. The van der Waals surface area contributed by atoms with Crippen LogP contribution in [-0.2, 0) is 4.79 Å². The monoisotopic (exact) mass is 395 g/mol. The van der Waals surface area contributed by atoms with Gasteiger partial charge in [0.1, 0.15) is 5.75 Å². The summed E-state index contributed by atoms with van der Waals surface area (Å²) in [5.41, 5.74) is 2.55. The second-order valence-electron chi connectivity index (χ2n) is 7.43. The van der Waals surface area contributed by atoms with Crippen molar-refractivity contribution in [2.75, 3.05) is 43.1 Å². The molecule has 152 valence electrons. The van der Waals surface area contributed by atoms with Gasteiger partial charge in [-0.2, -0.15) is 0 Å². The van der Waals surface area contributed by atoms with E-state index in [1.54, 1.807) is 16.9 Å². The SMILES string of the molecule is COc1cccc(N2CCN(c3cccc([C@@H]4CNCC[C@H]4C(=O)O)c3)C2=O)c1.